The third kappa shape index (κ3) is 2.58. The van der Waals surface area contributed by atoms with Crippen LogP contribution in [0.5, 0.6) is 0 Å². The van der Waals surface area contributed by atoms with Crippen molar-refractivity contribution in [2.75, 3.05) is 20.8 Å². The molecule has 0 saturated heterocycles. The highest BCUT2D eigenvalue weighted by atomic mass is 31.1. The van der Waals surface area contributed by atoms with Gasteiger partial charge in [0.1, 0.15) is 0 Å². The van der Waals surface area contributed by atoms with Crippen molar-refractivity contribution in [2.45, 2.75) is 6.54 Å². The third-order valence-corrected chi connectivity index (χ3v) is 2.80. The Balaban J connectivity index is 2.82. The fourth-order valence-corrected chi connectivity index (χ4v) is 1.99. The average molecular weight is 181 g/mol. The van der Waals surface area contributed by atoms with Crippen LogP contribution in [0.25, 0.3) is 0 Å². The van der Waals surface area contributed by atoms with Crippen LogP contribution in [0.3, 0.4) is 0 Å². The van der Waals surface area contributed by atoms with Crippen molar-refractivity contribution in [2.24, 2.45) is 0 Å². The molecule has 0 spiro atoms. The minimum absolute atomic E-state index is 0.902. The van der Waals surface area contributed by atoms with Gasteiger partial charge in [-0.25, -0.2) is 0 Å². The van der Waals surface area contributed by atoms with Gasteiger partial charge in [0.05, 0.1) is 0 Å². The first-order valence-electron chi connectivity index (χ1n) is 4.14. The Morgan fingerprint density at radius 1 is 1.25 bits per heavy atom. The largest absolute Gasteiger partial charge is 0.305 e. The van der Waals surface area contributed by atoms with E-state index in [0.717, 1.165) is 15.1 Å². The summed E-state index contributed by atoms with van der Waals surface area (Å²) < 4.78 is 0. The summed E-state index contributed by atoms with van der Waals surface area (Å²) in [6, 6.07) is 8.66. The zero-order chi connectivity index (χ0) is 8.97. The number of rotatable bonds is 3. The molecule has 0 aromatic heterocycles. The lowest BCUT2D eigenvalue weighted by molar-refractivity contribution is 0.403. The normalized spacial score (nSPS) is 11.7. The van der Waals surface area contributed by atoms with E-state index in [0.29, 0.717) is 0 Å². The predicted molar refractivity (Wildman–Crippen MR) is 57.7 cm³/mol. The molecule has 0 heterocycles. The lowest BCUT2D eigenvalue weighted by atomic mass is 10.2. The molecule has 1 atom stereocenters. The first-order chi connectivity index (χ1) is 5.74. The van der Waals surface area contributed by atoms with Crippen molar-refractivity contribution in [1.29, 1.82) is 0 Å². The molecular weight excluding hydrogens is 165 g/mol. The summed E-state index contributed by atoms with van der Waals surface area (Å²) in [4.78, 5) is 2.21. The van der Waals surface area contributed by atoms with E-state index in [4.69, 9.17) is 0 Å². The van der Waals surface area contributed by atoms with Gasteiger partial charge < -0.3 is 4.90 Å². The van der Waals surface area contributed by atoms with Crippen molar-refractivity contribution >= 4 is 13.9 Å². The topological polar surface area (TPSA) is 3.24 Å². The molecule has 1 unspecified atom stereocenters. The SMILES string of the molecule is CPc1ccccc1CN(C)C. The summed E-state index contributed by atoms with van der Waals surface area (Å²) in [6.07, 6.45) is 0. The second-order valence-corrected chi connectivity index (χ2v) is 4.18. The molecule has 0 saturated carbocycles. The van der Waals surface area contributed by atoms with E-state index in [1.54, 1.807) is 0 Å². The molecule has 1 aromatic rings. The quantitative estimate of drug-likeness (QED) is 0.641. The highest BCUT2D eigenvalue weighted by molar-refractivity contribution is 7.46. The van der Waals surface area contributed by atoms with Crippen LogP contribution in [0.1, 0.15) is 5.56 Å². The summed E-state index contributed by atoms with van der Waals surface area (Å²) in [5.41, 5.74) is 1.46. The molecule has 0 radical (unpaired) electrons. The van der Waals surface area contributed by atoms with E-state index in [2.05, 4.69) is 49.9 Å². The molecule has 1 rings (SSSR count). The van der Waals surface area contributed by atoms with Crippen molar-refractivity contribution < 1.29 is 0 Å². The molecule has 0 fully saturated rings. The summed E-state index contributed by atoms with van der Waals surface area (Å²) in [5.74, 6) is 0. The van der Waals surface area contributed by atoms with Crippen LogP contribution in [-0.4, -0.2) is 25.7 Å². The van der Waals surface area contributed by atoms with Crippen LogP contribution >= 0.6 is 8.58 Å². The predicted octanol–water partition coefficient (Wildman–Crippen LogP) is 1.68. The Labute approximate surface area is 76.6 Å². The van der Waals surface area contributed by atoms with Gasteiger partial charge in [0.2, 0.25) is 0 Å². The van der Waals surface area contributed by atoms with Crippen LogP contribution in [0.2, 0.25) is 0 Å². The molecule has 0 aliphatic carbocycles. The Hall–Kier alpha value is -0.390. The molecule has 1 nitrogen and oxygen atoms in total. The third-order valence-electron chi connectivity index (χ3n) is 1.77. The summed E-state index contributed by atoms with van der Waals surface area (Å²) in [7, 11) is 5.12. The van der Waals surface area contributed by atoms with Crippen molar-refractivity contribution in [3.63, 3.8) is 0 Å². The molecule has 12 heavy (non-hydrogen) atoms. The second kappa shape index (κ2) is 4.59. The van der Waals surface area contributed by atoms with Crippen LogP contribution in [0.15, 0.2) is 24.3 Å². The van der Waals surface area contributed by atoms with Gasteiger partial charge in [-0.05, 0) is 31.6 Å². The van der Waals surface area contributed by atoms with Gasteiger partial charge in [0.25, 0.3) is 0 Å². The minimum atomic E-state index is 0.902. The zero-order valence-corrected chi connectivity index (χ0v) is 8.96. The van der Waals surface area contributed by atoms with Gasteiger partial charge in [-0.1, -0.05) is 32.8 Å². The van der Waals surface area contributed by atoms with Crippen LogP contribution < -0.4 is 5.30 Å². The van der Waals surface area contributed by atoms with E-state index in [1.165, 1.54) is 10.9 Å². The first kappa shape index (κ1) is 9.70. The smallest absolute Gasteiger partial charge is 0.0233 e. The highest BCUT2D eigenvalue weighted by Crippen LogP contribution is 2.09. The summed E-state index contributed by atoms with van der Waals surface area (Å²) in [6.45, 7) is 3.28. The van der Waals surface area contributed by atoms with Gasteiger partial charge in [-0.2, -0.15) is 0 Å². The molecule has 1 aromatic carbocycles. The van der Waals surface area contributed by atoms with E-state index in [9.17, 15) is 0 Å². The van der Waals surface area contributed by atoms with E-state index in [1.807, 2.05) is 0 Å². The molecule has 0 aliphatic heterocycles. The maximum atomic E-state index is 2.23. The fraction of sp³-hybridized carbons (Fsp3) is 0.400. The lowest BCUT2D eigenvalue weighted by Gasteiger charge is -2.12. The number of benzene rings is 1. The van der Waals surface area contributed by atoms with Gasteiger partial charge in [0, 0.05) is 6.54 Å². The Bertz CT molecular complexity index is 245. The Morgan fingerprint density at radius 3 is 2.50 bits per heavy atom. The van der Waals surface area contributed by atoms with E-state index in [-0.39, 0.29) is 0 Å². The van der Waals surface area contributed by atoms with Crippen LogP contribution in [-0.2, 0) is 6.54 Å². The zero-order valence-electron chi connectivity index (χ0n) is 7.96. The van der Waals surface area contributed by atoms with Crippen LogP contribution in [0, 0.1) is 0 Å². The van der Waals surface area contributed by atoms with Gasteiger partial charge in [-0.15, -0.1) is 0 Å². The molecule has 0 amide bonds. The fourth-order valence-electron chi connectivity index (χ4n) is 1.24. The van der Waals surface area contributed by atoms with Crippen LogP contribution in [0.4, 0.5) is 0 Å². The number of hydrogen-bond acceptors (Lipinski definition) is 1. The van der Waals surface area contributed by atoms with Gasteiger partial charge in [-0.3, -0.25) is 0 Å². The monoisotopic (exact) mass is 181 g/mol. The number of nitrogens with zero attached hydrogens (tertiary/aromatic N) is 1. The molecule has 0 aliphatic rings. The Morgan fingerprint density at radius 2 is 1.92 bits per heavy atom. The van der Waals surface area contributed by atoms with E-state index < -0.39 is 0 Å². The Kier molecular flexibility index (Phi) is 3.71. The summed E-state index contributed by atoms with van der Waals surface area (Å²) >= 11 is 0. The highest BCUT2D eigenvalue weighted by Gasteiger charge is 1.99. The van der Waals surface area contributed by atoms with Crippen molar-refractivity contribution in [3.8, 4) is 0 Å². The standard InChI is InChI=1S/C10H16NP/c1-11(2)8-9-6-4-5-7-10(9)12-3/h4-7,12H,8H2,1-3H3. The van der Waals surface area contributed by atoms with Crippen molar-refractivity contribution in [1.82, 2.24) is 4.90 Å². The molecule has 0 N–H and O–H groups in total. The molecule has 0 bridgehead atoms. The molecule has 2 heteroatoms. The number of hydrogen-bond donors (Lipinski definition) is 0. The molecule has 66 valence electrons. The van der Waals surface area contributed by atoms with Crippen molar-refractivity contribution in [3.05, 3.63) is 29.8 Å². The van der Waals surface area contributed by atoms with Gasteiger partial charge in [0.15, 0.2) is 0 Å². The lowest BCUT2D eigenvalue weighted by Crippen LogP contribution is -2.15. The maximum Gasteiger partial charge on any atom is 0.0233 e. The molecular formula is C10H16NP. The van der Waals surface area contributed by atoms with E-state index >= 15 is 0 Å². The average Bonchev–Trinajstić information content (AvgIpc) is 2.04. The second-order valence-electron chi connectivity index (χ2n) is 3.14. The first-order valence-corrected chi connectivity index (χ1v) is 5.64. The maximum absolute atomic E-state index is 2.23. The minimum Gasteiger partial charge on any atom is -0.305 e. The summed E-state index contributed by atoms with van der Waals surface area (Å²) in [5, 5.41) is 1.49. The van der Waals surface area contributed by atoms with Gasteiger partial charge >= 0.3 is 0 Å².